The van der Waals surface area contributed by atoms with Crippen molar-refractivity contribution < 1.29 is 19.1 Å². The lowest BCUT2D eigenvalue weighted by atomic mass is 10.2. The van der Waals surface area contributed by atoms with E-state index in [1.807, 2.05) is 0 Å². The minimum absolute atomic E-state index is 0.123. The number of H-pyrrole nitrogens is 1. The van der Waals surface area contributed by atoms with Crippen molar-refractivity contribution in [1.82, 2.24) is 10.2 Å². The first kappa shape index (κ1) is 13.2. The van der Waals surface area contributed by atoms with Crippen LogP contribution in [0.15, 0.2) is 34.7 Å². The largest absolute Gasteiger partial charge is 0.475 e. The Hall–Kier alpha value is -2.80. The van der Waals surface area contributed by atoms with E-state index in [2.05, 4.69) is 15.5 Å². The summed E-state index contributed by atoms with van der Waals surface area (Å²) >= 11 is 5.75. The normalized spacial score (nSPS) is 10.7. The maximum atomic E-state index is 12.0. The van der Waals surface area contributed by atoms with E-state index < -0.39 is 11.9 Å². The van der Waals surface area contributed by atoms with Gasteiger partial charge in [-0.25, -0.2) is 4.79 Å². The van der Waals surface area contributed by atoms with Crippen LogP contribution in [-0.2, 0) is 0 Å². The second kappa shape index (κ2) is 4.95. The number of carboxylic acids is 1. The molecular weight excluding hydrogens is 298 g/mol. The monoisotopic (exact) mass is 305 g/mol. The van der Waals surface area contributed by atoms with Gasteiger partial charge in [-0.05, 0) is 24.3 Å². The lowest BCUT2D eigenvalue weighted by Gasteiger charge is -2.01. The number of carbonyl (C=O) groups is 2. The van der Waals surface area contributed by atoms with E-state index in [-0.39, 0.29) is 17.2 Å². The first-order chi connectivity index (χ1) is 10.0. The van der Waals surface area contributed by atoms with Gasteiger partial charge in [-0.1, -0.05) is 11.6 Å². The Balaban J connectivity index is 1.89. The van der Waals surface area contributed by atoms with Crippen molar-refractivity contribution in [2.75, 3.05) is 5.32 Å². The molecule has 1 amide bonds. The molecule has 0 radical (unpaired) electrons. The molecule has 3 N–H and O–H groups in total. The topological polar surface area (TPSA) is 108 Å². The van der Waals surface area contributed by atoms with E-state index in [1.54, 1.807) is 24.3 Å². The number of carbonyl (C=O) groups excluding carboxylic acids is 1. The summed E-state index contributed by atoms with van der Waals surface area (Å²) in [5.74, 6) is -1.72. The summed E-state index contributed by atoms with van der Waals surface area (Å²) in [6, 6.07) is 7.60. The molecule has 0 aliphatic heterocycles. The van der Waals surface area contributed by atoms with E-state index in [9.17, 15) is 9.59 Å². The standard InChI is InChI=1S/C13H8ClN3O4/c14-7-3-1-6(2-4-7)12(18)15-11-10-8(16-17-11)5-9(21-10)13(19)20/h1-5H,(H,19,20)(H2,15,16,17,18). The number of anilines is 1. The van der Waals surface area contributed by atoms with Crippen LogP contribution >= 0.6 is 11.6 Å². The van der Waals surface area contributed by atoms with Crippen molar-refractivity contribution in [3.63, 3.8) is 0 Å². The summed E-state index contributed by atoms with van der Waals surface area (Å²) in [4.78, 5) is 22.9. The molecular formula is C13H8ClN3O4. The highest BCUT2D eigenvalue weighted by atomic mass is 35.5. The maximum absolute atomic E-state index is 12.0. The molecule has 0 bridgehead atoms. The molecule has 0 aliphatic carbocycles. The van der Waals surface area contributed by atoms with Crippen LogP contribution in [0.2, 0.25) is 5.02 Å². The number of nitrogens with one attached hydrogen (secondary N) is 2. The Morgan fingerprint density at radius 1 is 1.29 bits per heavy atom. The first-order valence-corrected chi connectivity index (χ1v) is 6.20. The number of fused-ring (bicyclic) bond motifs is 1. The SMILES string of the molecule is O=C(Nc1n[nH]c2cc(C(=O)O)oc12)c1ccc(Cl)cc1. The zero-order chi connectivity index (χ0) is 15.0. The molecule has 0 fully saturated rings. The molecule has 0 unspecified atom stereocenters. The number of rotatable bonds is 3. The minimum Gasteiger partial charge on any atom is -0.475 e. The van der Waals surface area contributed by atoms with Crippen molar-refractivity contribution in [3.05, 3.63) is 46.7 Å². The second-order valence-corrected chi connectivity index (χ2v) is 4.63. The Morgan fingerprint density at radius 2 is 2.00 bits per heavy atom. The van der Waals surface area contributed by atoms with Gasteiger partial charge in [0.2, 0.25) is 5.76 Å². The van der Waals surface area contributed by atoms with E-state index in [0.29, 0.717) is 16.1 Å². The summed E-state index contributed by atoms with van der Waals surface area (Å²) in [6.45, 7) is 0. The molecule has 106 valence electrons. The number of hydrogen-bond acceptors (Lipinski definition) is 4. The van der Waals surface area contributed by atoms with Crippen LogP contribution in [0, 0.1) is 0 Å². The molecule has 0 atom stereocenters. The summed E-state index contributed by atoms with van der Waals surface area (Å²) in [7, 11) is 0. The number of nitrogens with zero attached hydrogens (tertiary/aromatic N) is 1. The Labute approximate surface area is 122 Å². The number of aromatic nitrogens is 2. The summed E-state index contributed by atoms with van der Waals surface area (Å²) in [5.41, 5.74) is 0.953. The van der Waals surface area contributed by atoms with Gasteiger partial charge in [0.15, 0.2) is 11.4 Å². The molecule has 8 heteroatoms. The maximum Gasteiger partial charge on any atom is 0.371 e. The number of halogens is 1. The summed E-state index contributed by atoms with van der Waals surface area (Å²) in [5, 5.41) is 18.4. The predicted octanol–water partition coefficient (Wildman–Crippen LogP) is 2.76. The third kappa shape index (κ3) is 2.46. The van der Waals surface area contributed by atoms with E-state index in [1.165, 1.54) is 6.07 Å². The summed E-state index contributed by atoms with van der Waals surface area (Å²) in [6.07, 6.45) is 0. The molecule has 0 saturated heterocycles. The van der Waals surface area contributed by atoms with Gasteiger partial charge in [0, 0.05) is 16.7 Å². The van der Waals surface area contributed by atoms with Gasteiger partial charge in [0.05, 0.1) is 0 Å². The fraction of sp³-hybridized carbons (Fsp3) is 0. The van der Waals surface area contributed by atoms with E-state index in [4.69, 9.17) is 21.1 Å². The van der Waals surface area contributed by atoms with Crippen LogP contribution in [0.1, 0.15) is 20.9 Å². The summed E-state index contributed by atoms with van der Waals surface area (Å²) < 4.78 is 5.13. The van der Waals surface area contributed by atoms with Crippen molar-refractivity contribution in [1.29, 1.82) is 0 Å². The van der Waals surface area contributed by atoms with Crippen molar-refractivity contribution in [2.45, 2.75) is 0 Å². The van der Waals surface area contributed by atoms with Gasteiger partial charge in [0.25, 0.3) is 5.91 Å². The number of benzene rings is 1. The van der Waals surface area contributed by atoms with Crippen LogP contribution in [0.3, 0.4) is 0 Å². The average molecular weight is 306 g/mol. The van der Waals surface area contributed by atoms with Gasteiger partial charge >= 0.3 is 5.97 Å². The highest BCUT2D eigenvalue weighted by molar-refractivity contribution is 6.30. The van der Waals surface area contributed by atoms with E-state index in [0.717, 1.165) is 0 Å². The average Bonchev–Trinajstić information content (AvgIpc) is 3.01. The van der Waals surface area contributed by atoms with Crippen LogP contribution < -0.4 is 5.32 Å². The van der Waals surface area contributed by atoms with Crippen LogP contribution in [0.4, 0.5) is 5.82 Å². The molecule has 2 heterocycles. The van der Waals surface area contributed by atoms with Crippen molar-refractivity contribution >= 4 is 40.4 Å². The van der Waals surface area contributed by atoms with Crippen molar-refractivity contribution in [3.8, 4) is 0 Å². The number of amides is 1. The Kier molecular flexibility index (Phi) is 3.11. The number of hydrogen-bond donors (Lipinski definition) is 3. The fourth-order valence-electron chi connectivity index (χ4n) is 1.79. The predicted molar refractivity (Wildman–Crippen MR) is 74.7 cm³/mol. The third-order valence-corrected chi connectivity index (χ3v) is 3.04. The molecule has 0 spiro atoms. The fourth-order valence-corrected chi connectivity index (χ4v) is 1.91. The highest BCUT2D eigenvalue weighted by Crippen LogP contribution is 2.24. The van der Waals surface area contributed by atoms with Gasteiger partial charge in [-0.15, -0.1) is 0 Å². The number of aromatic amines is 1. The zero-order valence-corrected chi connectivity index (χ0v) is 11.1. The zero-order valence-electron chi connectivity index (χ0n) is 10.4. The minimum atomic E-state index is -1.20. The lowest BCUT2D eigenvalue weighted by molar-refractivity contribution is 0.0665. The van der Waals surface area contributed by atoms with Crippen LogP contribution in [-0.4, -0.2) is 27.2 Å². The van der Waals surface area contributed by atoms with Crippen LogP contribution in [0.5, 0.6) is 0 Å². The second-order valence-electron chi connectivity index (χ2n) is 4.19. The van der Waals surface area contributed by atoms with Gasteiger partial charge in [-0.2, -0.15) is 5.10 Å². The molecule has 7 nitrogen and oxygen atoms in total. The molecule has 3 rings (SSSR count). The van der Waals surface area contributed by atoms with Gasteiger partial charge < -0.3 is 14.8 Å². The Bertz CT molecular complexity index is 835. The molecule has 1 aromatic carbocycles. The van der Waals surface area contributed by atoms with Gasteiger partial charge in [0.1, 0.15) is 5.52 Å². The van der Waals surface area contributed by atoms with Crippen LogP contribution in [0.25, 0.3) is 11.1 Å². The van der Waals surface area contributed by atoms with E-state index >= 15 is 0 Å². The molecule has 3 aromatic rings. The molecule has 21 heavy (non-hydrogen) atoms. The van der Waals surface area contributed by atoms with Gasteiger partial charge in [-0.3, -0.25) is 9.89 Å². The highest BCUT2D eigenvalue weighted by Gasteiger charge is 2.18. The number of furan rings is 1. The number of carboxylic acid groups (broad SMARTS) is 1. The first-order valence-electron chi connectivity index (χ1n) is 5.83. The lowest BCUT2D eigenvalue weighted by Crippen LogP contribution is -2.12. The number of aromatic carboxylic acids is 1. The quantitative estimate of drug-likeness (QED) is 0.689. The Morgan fingerprint density at radius 3 is 2.67 bits per heavy atom. The third-order valence-electron chi connectivity index (χ3n) is 2.78. The van der Waals surface area contributed by atoms with Crippen molar-refractivity contribution in [2.24, 2.45) is 0 Å². The molecule has 0 saturated carbocycles. The molecule has 0 aliphatic rings. The smallest absolute Gasteiger partial charge is 0.371 e. The molecule has 2 aromatic heterocycles.